The third kappa shape index (κ3) is 3.86. The fourth-order valence-corrected chi connectivity index (χ4v) is 2.49. The molecule has 2 rings (SSSR count). The van der Waals surface area contributed by atoms with Gasteiger partial charge in [0, 0.05) is 15.7 Å². The first kappa shape index (κ1) is 14.7. The fraction of sp³-hybridized carbons (Fsp3) is 0. The molecule has 0 atom stereocenters. The lowest BCUT2D eigenvalue weighted by atomic mass is 10.3. The van der Waals surface area contributed by atoms with Crippen LogP contribution < -0.4 is 5.32 Å². The van der Waals surface area contributed by atoms with Crippen molar-refractivity contribution in [2.24, 2.45) is 0 Å². The van der Waals surface area contributed by atoms with Crippen LogP contribution in [0.1, 0.15) is 5.69 Å². The van der Waals surface area contributed by atoms with Crippen LogP contribution in [0.4, 0.5) is 10.1 Å². The highest BCUT2D eigenvalue weighted by atomic mass is 79.9. The fourth-order valence-electron chi connectivity index (χ4n) is 1.39. The SMILES string of the molecule is Fc1ccc(Br)nc1C(=S)Nc1cc(Cl)cc(Cl)c1. The summed E-state index contributed by atoms with van der Waals surface area (Å²) in [7, 11) is 0. The maximum absolute atomic E-state index is 13.6. The van der Waals surface area contributed by atoms with Crippen molar-refractivity contribution in [3.8, 4) is 0 Å². The Morgan fingerprint density at radius 2 is 1.84 bits per heavy atom. The van der Waals surface area contributed by atoms with Gasteiger partial charge in [-0.1, -0.05) is 35.4 Å². The zero-order valence-electron chi connectivity index (χ0n) is 9.25. The van der Waals surface area contributed by atoms with Crippen LogP contribution in [0.25, 0.3) is 0 Å². The van der Waals surface area contributed by atoms with Crippen LogP contribution in [0.3, 0.4) is 0 Å². The molecule has 0 radical (unpaired) electrons. The van der Waals surface area contributed by atoms with Gasteiger partial charge in [-0.05, 0) is 46.3 Å². The van der Waals surface area contributed by atoms with Gasteiger partial charge in [-0.3, -0.25) is 0 Å². The second-order valence-electron chi connectivity index (χ2n) is 3.58. The number of thiocarbonyl (C=S) groups is 1. The van der Waals surface area contributed by atoms with Crippen molar-refractivity contribution in [3.63, 3.8) is 0 Å². The number of nitrogens with zero attached hydrogens (tertiary/aromatic N) is 1. The Kier molecular flexibility index (Phi) is 4.73. The maximum atomic E-state index is 13.6. The van der Waals surface area contributed by atoms with Crippen molar-refractivity contribution in [1.82, 2.24) is 4.98 Å². The van der Waals surface area contributed by atoms with Gasteiger partial charge in [0.2, 0.25) is 0 Å². The van der Waals surface area contributed by atoms with Crippen LogP contribution in [-0.2, 0) is 0 Å². The molecule has 0 aliphatic heterocycles. The molecule has 0 saturated carbocycles. The van der Waals surface area contributed by atoms with Crippen LogP contribution in [-0.4, -0.2) is 9.97 Å². The van der Waals surface area contributed by atoms with Crippen molar-refractivity contribution >= 4 is 62.0 Å². The Labute approximate surface area is 133 Å². The molecule has 0 spiro atoms. The van der Waals surface area contributed by atoms with E-state index in [1.54, 1.807) is 18.2 Å². The van der Waals surface area contributed by atoms with E-state index in [4.69, 9.17) is 35.4 Å². The Bertz CT molecular complexity index is 631. The molecular weight excluding hydrogens is 374 g/mol. The van der Waals surface area contributed by atoms with Gasteiger partial charge in [0.1, 0.15) is 15.3 Å². The first-order valence-electron chi connectivity index (χ1n) is 5.05. The summed E-state index contributed by atoms with van der Waals surface area (Å²) in [4.78, 5) is 4.14. The average Bonchev–Trinajstić information content (AvgIpc) is 2.30. The summed E-state index contributed by atoms with van der Waals surface area (Å²) in [6.07, 6.45) is 0. The van der Waals surface area contributed by atoms with E-state index in [1.165, 1.54) is 12.1 Å². The van der Waals surface area contributed by atoms with Crippen LogP contribution >= 0.6 is 51.3 Å². The summed E-state index contributed by atoms with van der Waals surface area (Å²) < 4.78 is 14.1. The molecule has 0 fully saturated rings. The monoisotopic (exact) mass is 378 g/mol. The standard InChI is InChI=1S/C12H6BrCl2FN2S/c13-10-2-1-9(16)11(18-10)12(19)17-8-4-6(14)3-7(15)5-8/h1-5H,(H,17,19). The summed E-state index contributed by atoms with van der Waals surface area (Å²) in [5.41, 5.74) is 0.629. The van der Waals surface area contributed by atoms with Gasteiger partial charge in [0.15, 0.2) is 5.82 Å². The Morgan fingerprint density at radius 3 is 2.47 bits per heavy atom. The molecule has 7 heteroatoms. The van der Waals surface area contributed by atoms with E-state index in [1.807, 2.05) is 0 Å². The zero-order chi connectivity index (χ0) is 14.0. The Hall–Kier alpha value is -0.750. The molecule has 0 unspecified atom stereocenters. The second-order valence-corrected chi connectivity index (χ2v) is 5.67. The van der Waals surface area contributed by atoms with E-state index >= 15 is 0 Å². The molecule has 0 aliphatic rings. The molecule has 98 valence electrons. The van der Waals surface area contributed by atoms with E-state index in [2.05, 4.69) is 26.2 Å². The highest BCUT2D eigenvalue weighted by Gasteiger charge is 2.11. The third-order valence-corrected chi connectivity index (χ3v) is 3.32. The van der Waals surface area contributed by atoms with Gasteiger partial charge < -0.3 is 5.32 Å². The smallest absolute Gasteiger partial charge is 0.151 e. The first-order valence-corrected chi connectivity index (χ1v) is 7.01. The number of benzene rings is 1. The number of nitrogens with one attached hydrogen (secondary N) is 1. The van der Waals surface area contributed by atoms with Crippen molar-refractivity contribution in [3.05, 3.63) is 56.5 Å². The second kappa shape index (κ2) is 6.13. The molecular formula is C12H6BrCl2FN2S. The summed E-state index contributed by atoms with van der Waals surface area (Å²) in [5, 5.41) is 3.76. The predicted octanol–water partition coefficient (Wildman–Crippen LogP) is 5.08. The number of hydrogen-bond acceptors (Lipinski definition) is 2. The van der Waals surface area contributed by atoms with E-state index in [0.29, 0.717) is 20.3 Å². The van der Waals surface area contributed by atoms with Crippen LogP contribution in [0.2, 0.25) is 10.0 Å². The maximum Gasteiger partial charge on any atom is 0.151 e. The number of aromatic nitrogens is 1. The summed E-state index contributed by atoms with van der Waals surface area (Å²) in [6, 6.07) is 7.64. The summed E-state index contributed by atoms with van der Waals surface area (Å²) in [5.74, 6) is -0.506. The van der Waals surface area contributed by atoms with Crippen molar-refractivity contribution in [2.75, 3.05) is 5.32 Å². The Morgan fingerprint density at radius 1 is 1.21 bits per heavy atom. The normalized spacial score (nSPS) is 10.3. The van der Waals surface area contributed by atoms with Gasteiger partial charge in [-0.2, -0.15) is 0 Å². The third-order valence-electron chi connectivity index (χ3n) is 2.15. The molecule has 1 aromatic carbocycles. The van der Waals surface area contributed by atoms with Crippen LogP contribution in [0, 0.1) is 5.82 Å². The average molecular weight is 380 g/mol. The lowest BCUT2D eigenvalue weighted by molar-refractivity contribution is 0.618. The van der Waals surface area contributed by atoms with E-state index in [0.717, 1.165) is 0 Å². The predicted molar refractivity (Wildman–Crippen MR) is 83.7 cm³/mol. The topological polar surface area (TPSA) is 24.9 Å². The summed E-state index contributed by atoms with van der Waals surface area (Å²) >= 11 is 20.0. The molecule has 2 aromatic rings. The lowest BCUT2D eigenvalue weighted by Crippen LogP contribution is -2.14. The van der Waals surface area contributed by atoms with Crippen molar-refractivity contribution < 1.29 is 4.39 Å². The lowest BCUT2D eigenvalue weighted by Gasteiger charge is -2.09. The molecule has 2 nitrogen and oxygen atoms in total. The highest BCUT2D eigenvalue weighted by molar-refractivity contribution is 9.10. The van der Waals surface area contributed by atoms with E-state index in [9.17, 15) is 4.39 Å². The number of rotatable bonds is 2. The molecule has 0 aliphatic carbocycles. The quantitative estimate of drug-likeness (QED) is 0.581. The summed E-state index contributed by atoms with van der Waals surface area (Å²) in [6.45, 7) is 0. The van der Waals surface area contributed by atoms with Crippen molar-refractivity contribution in [2.45, 2.75) is 0 Å². The number of pyridine rings is 1. The van der Waals surface area contributed by atoms with Gasteiger partial charge in [-0.15, -0.1) is 0 Å². The van der Waals surface area contributed by atoms with Gasteiger partial charge in [0.25, 0.3) is 0 Å². The molecule has 19 heavy (non-hydrogen) atoms. The molecule has 0 amide bonds. The van der Waals surface area contributed by atoms with Gasteiger partial charge in [0.05, 0.1) is 0 Å². The van der Waals surface area contributed by atoms with E-state index < -0.39 is 5.82 Å². The minimum Gasteiger partial charge on any atom is -0.345 e. The van der Waals surface area contributed by atoms with Gasteiger partial charge >= 0.3 is 0 Å². The molecule has 1 aromatic heterocycles. The number of hydrogen-bond donors (Lipinski definition) is 1. The molecule has 1 N–H and O–H groups in total. The van der Waals surface area contributed by atoms with Crippen LogP contribution in [0.5, 0.6) is 0 Å². The molecule has 1 heterocycles. The number of halogens is 4. The molecule has 0 bridgehead atoms. The molecule has 0 saturated heterocycles. The largest absolute Gasteiger partial charge is 0.345 e. The minimum absolute atomic E-state index is 0.0560. The zero-order valence-corrected chi connectivity index (χ0v) is 13.2. The van der Waals surface area contributed by atoms with Gasteiger partial charge in [-0.25, -0.2) is 9.37 Å². The minimum atomic E-state index is -0.506. The highest BCUT2D eigenvalue weighted by Crippen LogP contribution is 2.23. The first-order chi connectivity index (χ1) is 8.95. The van der Waals surface area contributed by atoms with Crippen LogP contribution in [0.15, 0.2) is 34.9 Å². The van der Waals surface area contributed by atoms with Crippen molar-refractivity contribution in [1.29, 1.82) is 0 Å². The number of anilines is 1. The Balaban J connectivity index is 2.28. The van der Waals surface area contributed by atoms with E-state index in [-0.39, 0.29) is 10.7 Å².